The van der Waals surface area contributed by atoms with Gasteiger partial charge in [0.1, 0.15) is 11.6 Å². The van der Waals surface area contributed by atoms with Gasteiger partial charge in [-0.1, -0.05) is 19.9 Å². The summed E-state index contributed by atoms with van der Waals surface area (Å²) in [6.07, 6.45) is 0. The quantitative estimate of drug-likeness (QED) is 0.817. The lowest BCUT2D eigenvalue weighted by atomic mass is 10.0. The van der Waals surface area contributed by atoms with Gasteiger partial charge in [0.2, 0.25) is 0 Å². The molecular formula is C15H17F2NS. The van der Waals surface area contributed by atoms with Crippen molar-refractivity contribution in [2.75, 3.05) is 5.32 Å². The average Bonchev–Trinajstić information content (AvgIpc) is 2.85. The molecule has 0 aliphatic rings. The monoisotopic (exact) mass is 281 g/mol. The first-order chi connectivity index (χ1) is 8.99. The van der Waals surface area contributed by atoms with Crippen LogP contribution in [0.3, 0.4) is 0 Å². The molecule has 1 unspecified atom stereocenters. The van der Waals surface area contributed by atoms with Crippen LogP contribution in [-0.2, 0) is 0 Å². The van der Waals surface area contributed by atoms with Crippen LogP contribution in [0.5, 0.6) is 0 Å². The molecule has 0 radical (unpaired) electrons. The van der Waals surface area contributed by atoms with Gasteiger partial charge < -0.3 is 5.32 Å². The number of nitrogens with one attached hydrogen (secondary N) is 1. The van der Waals surface area contributed by atoms with Crippen LogP contribution in [-0.4, -0.2) is 0 Å². The molecule has 1 atom stereocenters. The number of rotatable bonds is 4. The number of anilines is 1. The van der Waals surface area contributed by atoms with E-state index in [9.17, 15) is 8.78 Å². The van der Waals surface area contributed by atoms with Gasteiger partial charge in [0, 0.05) is 10.9 Å². The molecule has 0 aliphatic heterocycles. The van der Waals surface area contributed by atoms with Gasteiger partial charge >= 0.3 is 0 Å². The summed E-state index contributed by atoms with van der Waals surface area (Å²) in [6.45, 7) is 5.67. The molecule has 2 aromatic rings. The molecule has 19 heavy (non-hydrogen) atoms. The number of aryl methyl sites for hydroxylation is 1. The number of halogens is 2. The molecule has 1 nitrogen and oxygen atoms in total. The second-order valence-corrected chi connectivity index (χ2v) is 5.94. The SMILES string of the molecule is Cc1cc(F)c(NC(c2cccs2)C(C)C)cc1F. The summed E-state index contributed by atoms with van der Waals surface area (Å²) in [4.78, 5) is 1.12. The number of hydrogen-bond acceptors (Lipinski definition) is 2. The zero-order valence-corrected chi connectivity index (χ0v) is 12.0. The largest absolute Gasteiger partial charge is 0.375 e. The maximum atomic E-state index is 13.9. The van der Waals surface area contributed by atoms with Crippen molar-refractivity contribution in [3.05, 3.63) is 51.7 Å². The van der Waals surface area contributed by atoms with Gasteiger partial charge in [0.15, 0.2) is 0 Å². The summed E-state index contributed by atoms with van der Waals surface area (Å²) in [5.41, 5.74) is 0.537. The third-order valence-corrected chi connectivity index (χ3v) is 4.03. The van der Waals surface area contributed by atoms with Gasteiger partial charge in [0.05, 0.1) is 11.7 Å². The number of thiophene rings is 1. The molecule has 0 saturated heterocycles. The molecule has 1 aromatic heterocycles. The topological polar surface area (TPSA) is 12.0 Å². The fourth-order valence-electron chi connectivity index (χ4n) is 1.96. The molecule has 0 aliphatic carbocycles. The van der Waals surface area contributed by atoms with Crippen LogP contribution < -0.4 is 5.32 Å². The minimum Gasteiger partial charge on any atom is -0.375 e. The fraction of sp³-hybridized carbons (Fsp3) is 0.333. The second kappa shape index (κ2) is 5.70. The lowest BCUT2D eigenvalue weighted by molar-refractivity contribution is 0.543. The Morgan fingerprint density at radius 3 is 2.47 bits per heavy atom. The predicted octanol–water partition coefficient (Wildman–Crippen LogP) is 5.14. The maximum Gasteiger partial charge on any atom is 0.146 e. The highest BCUT2D eigenvalue weighted by Crippen LogP contribution is 2.31. The first kappa shape index (κ1) is 14.0. The highest BCUT2D eigenvalue weighted by molar-refractivity contribution is 7.10. The van der Waals surface area contributed by atoms with E-state index in [1.54, 1.807) is 18.3 Å². The predicted molar refractivity (Wildman–Crippen MR) is 76.6 cm³/mol. The second-order valence-electron chi connectivity index (χ2n) is 4.96. The van der Waals surface area contributed by atoms with Crippen molar-refractivity contribution >= 4 is 17.0 Å². The van der Waals surface area contributed by atoms with Crippen molar-refractivity contribution in [3.63, 3.8) is 0 Å². The van der Waals surface area contributed by atoms with Crippen LogP contribution in [0.2, 0.25) is 0 Å². The number of benzene rings is 1. The van der Waals surface area contributed by atoms with Crippen molar-refractivity contribution in [1.82, 2.24) is 0 Å². The van der Waals surface area contributed by atoms with Gasteiger partial charge in [0.25, 0.3) is 0 Å². The van der Waals surface area contributed by atoms with E-state index in [0.29, 0.717) is 5.56 Å². The molecular weight excluding hydrogens is 264 g/mol. The van der Waals surface area contributed by atoms with Crippen LogP contribution in [0, 0.1) is 24.5 Å². The Morgan fingerprint density at radius 2 is 1.89 bits per heavy atom. The molecule has 0 bridgehead atoms. The molecule has 102 valence electrons. The third kappa shape index (κ3) is 3.13. The van der Waals surface area contributed by atoms with Crippen LogP contribution >= 0.6 is 11.3 Å². The van der Waals surface area contributed by atoms with E-state index in [1.165, 1.54) is 12.1 Å². The molecule has 1 heterocycles. The summed E-state index contributed by atoms with van der Waals surface area (Å²) >= 11 is 1.61. The minimum absolute atomic E-state index is 0.0170. The summed E-state index contributed by atoms with van der Waals surface area (Å²) in [5.74, 6) is -0.527. The summed E-state index contributed by atoms with van der Waals surface area (Å²) in [6, 6.07) is 6.40. The Kier molecular flexibility index (Phi) is 4.20. The fourth-order valence-corrected chi connectivity index (χ4v) is 2.91. The first-order valence-electron chi connectivity index (χ1n) is 6.24. The van der Waals surface area contributed by atoms with Crippen LogP contribution in [0.4, 0.5) is 14.5 Å². The highest BCUT2D eigenvalue weighted by atomic mass is 32.1. The van der Waals surface area contributed by atoms with E-state index in [1.807, 2.05) is 17.5 Å². The Hall–Kier alpha value is -1.42. The average molecular weight is 281 g/mol. The van der Waals surface area contributed by atoms with Crippen molar-refractivity contribution in [1.29, 1.82) is 0 Å². The molecule has 0 fully saturated rings. The smallest absolute Gasteiger partial charge is 0.146 e. The number of hydrogen-bond donors (Lipinski definition) is 1. The lowest BCUT2D eigenvalue weighted by Gasteiger charge is -2.23. The van der Waals surface area contributed by atoms with Crippen LogP contribution in [0.1, 0.15) is 30.3 Å². The zero-order chi connectivity index (χ0) is 14.0. The van der Waals surface area contributed by atoms with E-state index in [0.717, 1.165) is 4.88 Å². The zero-order valence-electron chi connectivity index (χ0n) is 11.2. The van der Waals surface area contributed by atoms with Crippen LogP contribution in [0.15, 0.2) is 29.6 Å². The Bertz CT molecular complexity index is 550. The Labute approximate surface area is 116 Å². The van der Waals surface area contributed by atoms with Gasteiger partial charge in [-0.2, -0.15) is 0 Å². The first-order valence-corrected chi connectivity index (χ1v) is 7.12. The van der Waals surface area contributed by atoms with Gasteiger partial charge in [-0.25, -0.2) is 8.78 Å². The Balaban J connectivity index is 2.30. The van der Waals surface area contributed by atoms with Crippen LogP contribution in [0.25, 0.3) is 0 Å². The normalized spacial score (nSPS) is 12.7. The molecule has 1 aromatic carbocycles. The van der Waals surface area contributed by atoms with E-state index >= 15 is 0 Å². The van der Waals surface area contributed by atoms with E-state index in [2.05, 4.69) is 19.2 Å². The lowest BCUT2D eigenvalue weighted by Crippen LogP contribution is -2.16. The van der Waals surface area contributed by atoms with E-state index < -0.39 is 11.6 Å². The maximum absolute atomic E-state index is 13.9. The standard InChI is InChI=1S/C15H17F2NS/c1-9(2)15(14-5-4-6-19-14)18-13-8-11(16)10(3)7-12(13)17/h4-9,15,18H,1-3H3. The van der Waals surface area contributed by atoms with Gasteiger partial charge in [-0.05, 0) is 35.9 Å². The van der Waals surface area contributed by atoms with E-state index in [4.69, 9.17) is 0 Å². The third-order valence-electron chi connectivity index (χ3n) is 3.08. The van der Waals surface area contributed by atoms with Crippen molar-refractivity contribution in [3.8, 4) is 0 Å². The molecule has 4 heteroatoms. The van der Waals surface area contributed by atoms with Crippen molar-refractivity contribution in [2.24, 2.45) is 5.92 Å². The van der Waals surface area contributed by atoms with Crippen molar-refractivity contribution in [2.45, 2.75) is 26.8 Å². The minimum atomic E-state index is -0.416. The van der Waals surface area contributed by atoms with Gasteiger partial charge in [-0.3, -0.25) is 0 Å². The molecule has 0 amide bonds. The van der Waals surface area contributed by atoms with Gasteiger partial charge in [-0.15, -0.1) is 11.3 Å². The molecule has 0 saturated carbocycles. The van der Waals surface area contributed by atoms with E-state index in [-0.39, 0.29) is 17.6 Å². The molecule has 0 spiro atoms. The van der Waals surface area contributed by atoms with Crippen molar-refractivity contribution < 1.29 is 8.78 Å². The highest BCUT2D eigenvalue weighted by Gasteiger charge is 2.19. The molecule has 2 rings (SSSR count). The molecule has 1 N–H and O–H groups in total. The Morgan fingerprint density at radius 1 is 1.16 bits per heavy atom. The summed E-state index contributed by atoms with van der Waals surface area (Å²) in [7, 11) is 0. The summed E-state index contributed by atoms with van der Waals surface area (Å²) < 4.78 is 27.4. The summed E-state index contributed by atoms with van der Waals surface area (Å²) in [5, 5.41) is 5.10.